The number of ether oxygens (including phenoxy) is 1. The maximum Gasteiger partial charge on any atom is 0.306 e. The van der Waals surface area contributed by atoms with Gasteiger partial charge in [-0.1, -0.05) is 244 Å². The van der Waals surface area contributed by atoms with Gasteiger partial charge in [0.25, 0.3) is 0 Å². The molecule has 3 atom stereocenters. The lowest BCUT2D eigenvalue weighted by Crippen LogP contribution is -2.46. The SMILES string of the molecule is CCCCCC/C=C\CCCCCCCC(CC(=O)NC(CO)C(O)CCCCCCCCCCCCCCCCCC)OC(=O)CCCCCCC/C=C/CCCCCCCCC. The predicted molar refractivity (Wildman–Crippen MR) is 278 cm³/mol. The summed E-state index contributed by atoms with van der Waals surface area (Å²) in [4.78, 5) is 26.2. The van der Waals surface area contributed by atoms with Crippen molar-refractivity contribution in [3.8, 4) is 0 Å². The highest BCUT2D eigenvalue weighted by Gasteiger charge is 2.24. The van der Waals surface area contributed by atoms with Gasteiger partial charge in [0.2, 0.25) is 5.91 Å². The zero-order chi connectivity index (χ0) is 46.7. The van der Waals surface area contributed by atoms with E-state index in [-0.39, 0.29) is 24.9 Å². The fraction of sp³-hybridized carbons (Fsp3) is 0.897. The van der Waals surface area contributed by atoms with Crippen molar-refractivity contribution in [2.45, 2.75) is 328 Å². The predicted octanol–water partition coefficient (Wildman–Crippen LogP) is 17.5. The van der Waals surface area contributed by atoms with E-state index < -0.39 is 18.2 Å². The number of unbranched alkanes of at least 4 members (excludes halogenated alkanes) is 36. The Balaban J connectivity index is 4.51. The average Bonchev–Trinajstić information content (AvgIpc) is 3.29. The Morgan fingerprint density at radius 3 is 1.12 bits per heavy atom. The second-order valence-corrected chi connectivity index (χ2v) is 19.7. The fourth-order valence-corrected chi connectivity index (χ4v) is 8.89. The molecule has 3 unspecified atom stereocenters. The smallest absolute Gasteiger partial charge is 0.306 e. The first-order valence-electron chi connectivity index (χ1n) is 28.6. The van der Waals surface area contributed by atoms with Crippen molar-refractivity contribution in [2.75, 3.05) is 6.61 Å². The minimum atomic E-state index is -0.788. The quantitative estimate of drug-likeness (QED) is 0.0321. The van der Waals surface area contributed by atoms with Crippen molar-refractivity contribution in [3.05, 3.63) is 24.3 Å². The minimum absolute atomic E-state index is 0.0730. The number of hydrogen-bond acceptors (Lipinski definition) is 5. The molecule has 0 rings (SSSR count). The standard InChI is InChI=1S/C58H111NO5/c1-4-7-10-13-16-19-22-25-27-29-32-35-38-41-44-47-50-56(61)55(53-60)59-57(62)52-54(49-46-43-40-37-34-31-24-21-18-15-12-9-6-3)64-58(63)51-48-45-42-39-36-33-30-28-26-23-20-17-14-11-8-5-2/h21,24,28,30,54-56,60-61H,4-20,22-23,25-27,29,31-53H2,1-3H3,(H,59,62)/b24-21-,30-28+. The number of carbonyl (C=O) groups is 2. The lowest BCUT2D eigenvalue weighted by atomic mass is 10.0. The molecular weight excluding hydrogens is 791 g/mol. The first kappa shape index (κ1) is 62.3. The second kappa shape index (κ2) is 52.3. The Morgan fingerprint density at radius 1 is 0.438 bits per heavy atom. The molecule has 6 nitrogen and oxygen atoms in total. The van der Waals surface area contributed by atoms with Gasteiger partial charge in [-0.15, -0.1) is 0 Å². The summed E-state index contributed by atoms with van der Waals surface area (Å²) in [6.07, 6.45) is 61.0. The summed E-state index contributed by atoms with van der Waals surface area (Å²) in [5, 5.41) is 23.9. The highest BCUT2D eigenvalue weighted by Crippen LogP contribution is 2.18. The van der Waals surface area contributed by atoms with Crippen LogP contribution < -0.4 is 5.32 Å². The maximum absolute atomic E-state index is 13.2. The largest absolute Gasteiger partial charge is 0.462 e. The van der Waals surface area contributed by atoms with Crippen LogP contribution in [0.25, 0.3) is 0 Å². The van der Waals surface area contributed by atoms with Gasteiger partial charge in [0.15, 0.2) is 0 Å². The van der Waals surface area contributed by atoms with E-state index in [0.29, 0.717) is 19.3 Å². The van der Waals surface area contributed by atoms with Gasteiger partial charge in [-0.3, -0.25) is 9.59 Å². The number of allylic oxidation sites excluding steroid dienone is 4. The number of carbonyl (C=O) groups excluding carboxylic acids is 2. The number of esters is 1. The lowest BCUT2D eigenvalue weighted by molar-refractivity contribution is -0.151. The molecule has 0 heterocycles. The normalized spacial score (nSPS) is 13.3. The number of nitrogens with one attached hydrogen (secondary N) is 1. The van der Waals surface area contributed by atoms with Gasteiger partial charge in [0.1, 0.15) is 6.10 Å². The summed E-state index contributed by atoms with van der Waals surface area (Å²) < 4.78 is 5.95. The van der Waals surface area contributed by atoms with E-state index in [0.717, 1.165) is 64.2 Å². The van der Waals surface area contributed by atoms with Crippen molar-refractivity contribution in [3.63, 3.8) is 0 Å². The molecule has 1 amide bonds. The lowest BCUT2D eigenvalue weighted by Gasteiger charge is -2.24. The van der Waals surface area contributed by atoms with Crippen molar-refractivity contribution in [1.82, 2.24) is 5.32 Å². The van der Waals surface area contributed by atoms with Crippen LogP contribution in [0.5, 0.6) is 0 Å². The Labute approximate surface area is 399 Å². The molecule has 0 radical (unpaired) electrons. The molecule has 0 bridgehead atoms. The average molecular weight is 903 g/mol. The molecule has 0 spiro atoms. The van der Waals surface area contributed by atoms with Crippen molar-refractivity contribution < 1.29 is 24.5 Å². The Hall–Kier alpha value is -1.66. The van der Waals surface area contributed by atoms with Crippen LogP contribution in [0.2, 0.25) is 0 Å². The van der Waals surface area contributed by atoms with Crippen LogP contribution >= 0.6 is 0 Å². The first-order valence-corrected chi connectivity index (χ1v) is 28.6. The molecule has 0 fully saturated rings. The molecule has 0 aromatic heterocycles. The highest BCUT2D eigenvalue weighted by atomic mass is 16.5. The van der Waals surface area contributed by atoms with E-state index in [1.807, 2.05) is 0 Å². The minimum Gasteiger partial charge on any atom is -0.462 e. The van der Waals surface area contributed by atoms with Crippen LogP contribution in [-0.2, 0) is 14.3 Å². The second-order valence-electron chi connectivity index (χ2n) is 19.7. The molecule has 0 aromatic rings. The Morgan fingerprint density at radius 2 is 0.750 bits per heavy atom. The van der Waals surface area contributed by atoms with E-state index in [1.54, 1.807) is 0 Å². The number of rotatable bonds is 52. The van der Waals surface area contributed by atoms with Gasteiger partial charge in [0, 0.05) is 6.42 Å². The zero-order valence-corrected chi connectivity index (χ0v) is 43.2. The molecule has 0 saturated carbocycles. The van der Waals surface area contributed by atoms with E-state index in [9.17, 15) is 19.8 Å². The summed E-state index contributed by atoms with van der Waals surface area (Å²) in [6, 6.07) is -0.703. The number of amides is 1. The maximum atomic E-state index is 13.2. The molecule has 378 valence electrons. The third kappa shape index (κ3) is 46.9. The van der Waals surface area contributed by atoms with Gasteiger partial charge in [0.05, 0.1) is 25.2 Å². The Bertz CT molecular complexity index is 1010. The molecule has 6 heteroatoms. The molecule has 0 aliphatic carbocycles. The van der Waals surface area contributed by atoms with E-state index in [1.165, 1.54) is 199 Å². The van der Waals surface area contributed by atoms with Gasteiger partial charge in [-0.2, -0.15) is 0 Å². The summed E-state index contributed by atoms with van der Waals surface area (Å²) in [7, 11) is 0. The van der Waals surface area contributed by atoms with Gasteiger partial charge >= 0.3 is 5.97 Å². The number of aliphatic hydroxyl groups is 2. The summed E-state index contributed by atoms with van der Waals surface area (Å²) in [5.74, 6) is -0.476. The zero-order valence-electron chi connectivity index (χ0n) is 43.2. The van der Waals surface area contributed by atoms with Gasteiger partial charge < -0.3 is 20.3 Å². The third-order valence-corrected chi connectivity index (χ3v) is 13.3. The molecular formula is C58H111NO5. The molecule has 3 N–H and O–H groups in total. The molecule has 0 aromatic carbocycles. The first-order chi connectivity index (χ1) is 31.5. The van der Waals surface area contributed by atoms with Gasteiger partial charge in [-0.25, -0.2) is 0 Å². The van der Waals surface area contributed by atoms with Crippen molar-refractivity contribution in [1.29, 1.82) is 0 Å². The van der Waals surface area contributed by atoms with E-state index >= 15 is 0 Å². The Kier molecular flexibility index (Phi) is 51.0. The topological polar surface area (TPSA) is 95.9 Å². The number of hydrogen-bond donors (Lipinski definition) is 3. The van der Waals surface area contributed by atoms with E-state index in [2.05, 4.69) is 50.4 Å². The van der Waals surface area contributed by atoms with Gasteiger partial charge in [-0.05, 0) is 77.0 Å². The molecule has 0 aliphatic heterocycles. The van der Waals surface area contributed by atoms with Crippen LogP contribution in [0.1, 0.15) is 310 Å². The van der Waals surface area contributed by atoms with Crippen molar-refractivity contribution >= 4 is 11.9 Å². The monoisotopic (exact) mass is 902 g/mol. The van der Waals surface area contributed by atoms with Crippen LogP contribution in [0.15, 0.2) is 24.3 Å². The third-order valence-electron chi connectivity index (χ3n) is 13.3. The molecule has 0 aliphatic rings. The summed E-state index contributed by atoms with van der Waals surface area (Å²) in [6.45, 7) is 6.50. The molecule has 64 heavy (non-hydrogen) atoms. The summed E-state index contributed by atoms with van der Waals surface area (Å²) in [5.41, 5.74) is 0. The van der Waals surface area contributed by atoms with Crippen LogP contribution in [0, 0.1) is 0 Å². The highest BCUT2D eigenvalue weighted by molar-refractivity contribution is 5.77. The molecule has 0 saturated heterocycles. The van der Waals surface area contributed by atoms with Crippen molar-refractivity contribution in [2.24, 2.45) is 0 Å². The van der Waals surface area contributed by atoms with Crippen LogP contribution in [-0.4, -0.2) is 46.9 Å². The van der Waals surface area contributed by atoms with E-state index in [4.69, 9.17) is 4.74 Å². The van der Waals surface area contributed by atoms with Crippen LogP contribution in [0.3, 0.4) is 0 Å². The van der Waals surface area contributed by atoms with Crippen LogP contribution in [0.4, 0.5) is 0 Å². The summed E-state index contributed by atoms with van der Waals surface area (Å²) >= 11 is 0. The fourth-order valence-electron chi connectivity index (χ4n) is 8.89. The number of aliphatic hydroxyl groups excluding tert-OH is 2.